The zero-order valence-electron chi connectivity index (χ0n) is 15.5. The molecule has 0 aromatic heterocycles. The predicted molar refractivity (Wildman–Crippen MR) is 99.7 cm³/mol. The van der Waals surface area contributed by atoms with E-state index in [2.05, 4.69) is 16.1 Å². The van der Waals surface area contributed by atoms with E-state index in [1.807, 2.05) is 30.3 Å². The molecule has 10 heteroatoms. The number of carbonyl (C=O) groups excluding carboxylic acids is 2. The first kappa shape index (κ1) is 21.3. The topological polar surface area (TPSA) is 154 Å². The van der Waals surface area contributed by atoms with Gasteiger partial charge in [-0.05, 0) is 18.4 Å². The number of aliphatic carboxylic acids is 1. The molecule has 10 nitrogen and oxygen atoms in total. The minimum atomic E-state index is -1.27. The molecule has 1 aliphatic rings. The van der Waals surface area contributed by atoms with Gasteiger partial charge in [0.15, 0.2) is 6.04 Å². The van der Waals surface area contributed by atoms with Crippen LogP contribution in [0.4, 0.5) is 0 Å². The Labute approximate surface area is 162 Å². The van der Waals surface area contributed by atoms with Crippen LogP contribution in [0.1, 0.15) is 31.2 Å². The first-order chi connectivity index (χ1) is 13.4. The van der Waals surface area contributed by atoms with Gasteiger partial charge in [-0.3, -0.25) is 14.9 Å². The number of nitrogens with one attached hydrogen (secondary N) is 3. The second-order valence-corrected chi connectivity index (χ2v) is 6.71. The summed E-state index contributed by atoms with van der Waals surface area (Å²) in [6.45, 7) is 0.717. The van der Waals surface area contributed by atoms with Crippen molar-refractivity contribution < 1.29 is 24.4 Å². The Hall–Kier alpha value is -3.01. The highest BCUT2D eigenvalue weighted by atomic mass is 16.4. The molecule has 0 bridgehead atoms. The van der Waals surface area contributed by atoms with Crippen LogP contribution in [0.5, 0.6) is 0 Å². The molecule has 152 valence electrons. The van der Waals surface area contributed by atoms with E-state index in [1.54, 1.807) is 0 Å². The molecule has 1 saturated heterocycles. The standard InChI is InChI=1S/C18H25N5O5/c19-15(24)9-8-13(18(26)27)21-17(25)14(11-12-5-2-1-3-6-12)22-23(28)16-7-4-10-20-16/h1-3,5-6,13-14,16,20H,4,7-11H2,(H4-,19,21,22,24,25,26,27,28)/p+1/t13-,14-,16-/m0/s1. The fourth-order valence-corrected chi connectivity index (χ4v) is 2.97. The van der Waals surface area contributed by atoms with Crippen LogP contribution in [-0.4, -0.2) is 52.6 Å². The van der Waals surface area contributed by atoms with E-state index in [0.717, 1.165) is 18.5 Å². The molecule has 2 rings (SSSR count). The number of carbonyl (C=O) groups is 3. The van der Waals surface area contributed by atoms with Crippen LogP contribution in [0.25, 0.3) is 0 Å². The molecule has 0 radical (unpaired) electrons. The van der Waals surface area contributed by atoms with Gasteiger partial charge in [0.2, 0.25) is 11.8 Å². The lowest BCUT2D eigenvalue weighted by atomic mass is 10.0. The maximum Gasteiger partial charge on any atom is 0.326 e. The summed E-state index contributed by atoms with van der Waals surface area (Å²) in [5.41, 5.74) is 8.50. The summed E-state index contributed by atoms with van der Waals surface area (Å²) in [4.78, 5) is 48.0. The molecule has 0 unspecified atom stereocenters. The maximum atomic E-state index is 12.7. The van der Waals surface area contributed by atoms with Gasteiger partial charge >= 0.3 is 5.97 Å². The highest BCUT2D eigenvalue weighted by molar-refractivity contribution is 5.87. The molecule has 1 aromatic rings. The van der Waals surface area contributed by atoms with Crippen molar-refractivity contribution in [3.05, 3.63) is 40.8 Å². The highest BCUT2D eigenvalue weighted by Gasteiger charge is 2.35. The van der Waals surface area contributed by atoms with Crippen LogP contribution in [0.2, 0.25) is 0 Å². The third kappa shape index (κ3) is 6.62. The van der Waals surface area contributed by atoms with E-state index < -0.39 is 36.0 Å². The van der Waals surface area contributed by atoms with Crippen molar-refractivity contribution in [2.45, 2.75) is 50.4 Å². The number of hydrogen-bond donors (Lipinski definition) is 5. The largest absolute Gasteiger partial charge is 0.480 e. The van der Waals surface area contributed by atoms with Gasteiger partial charge in [0.05, 0.1) is 4.91 Å². The van der Waals surface area contributed by atoms with E-state index in [4.69, 9.17) is 5.73 Å². The summed E-state index contributed by atoms with van der Waals surface area (Å²) in [5.74, 6) is -2.57. The number of carboxylic acid groups (broad SMARTS) is 1. The van der Waals surface area contributed by atoms with Crippen molar-refractivity contribution in [2.75, 3.05) is 6.54 Å². The fourth-order valence-electron chi connectivity index (χ4n) is 2.97. The normalized spacial score (nSPS) is 18.1. The summed E-state index contributed by atoms with van der Waals surface area (Å²) in [6.07, 6.45) is 0.950. The number of rotatable bonds is 11. The monoisotopic (exact) mass is 392 g/mol. The average molecular weight is 392 g/mol. The highest BCUT2D eigenvalue weighted by Crippen LogP contribution is 2.08. The molecular weight excluding hydrogens is 366 g/mol. The first-order valence-corrected chi connectivity index (χ1v) is 9.18. The van der Waals surface area contributed by atoms with E-state index in [9.17, 15) is 24.4 Å². The first-order valence-electron chi connectivity index (χ1n) is 9.18. The molecule has 2 amide bonds. The van der Waals surface area contributed by atoms with E-state index in [-0.39, 0.29) is 19.3 Å². The van der Waals surface area contributed by atoms with Crippen LogP contribution >= 0.6 is 0 Å². The van der Waals surface area contributed by atoms with Crippen molar-refractivity contribution in [3.63, 3.8) is 0 Å². The number of nitrogens with two attached hydrogens (primary N) is 1. The summed E-state index contributed by atoms with van der Waals surface area (Å²) in [7, 11) is 0. The van der Waals surface area contributed by atoms with Gasteiger partial charge in [-0.1, -0.05) is 30.3 Å². The zero-order chi connectivity index (χ0) is 20.5. The molecule has 0 spiro atoms. The van der Waals surface area contributed by atoms with Crippen molar-refractivity contribution in [3.8, 4) is 0 Å². The van der Waals surface area contributed by atoms with Gasteiger partial charge in [-0.15, -0.1) is 5.43 Å². The van der Waals surface area contributed by atoms with Crippen molar-refractivity contribution in [1.29, 1.82) is 0 Å². The average Bonchev–Trinajstić information content (AvgIpc) is 3.19. The predicted octanol–water partition coefficient (Wildman–Crippen LogP) is -0.574. The van der Waals surface area contributed by atoms with Crippen molar-refractivity contribution in [2.24, 2.45) is 5.73 Å². The van der Waals surface area contributed by atoms with Gasteiger partial charge in [-0.2, -0.15) is 0 Å². The zero-order valence-corrected chi connectivity index (χ0v) is 15.5. The molecule has 1 aromatic carbocycles. The molecule has 1 aliphatic heterocycles. The van der Waals surface area contributed by atoms with E-state index in [0.29, 0.717) is 11.3 Å². The van der Waals surface area contributed by atoms with Crippen LogP contribution < -0.4 is 21.8 Å². The van der Waals surface area contributed by atoms with E-state index in [1.165, 1.54) is 0 Å². The third-order valence-electron chi connectivity index (χ3n) is 4.49. The Morgan fingerprint density at radius 1 is 1.25 bits per heavy atom. The molecule has 0 aliphatic carbocycles. The van der Waals surface area contributed by atoms with Crippen molar-refractivity contribution in [1.82, 2.24) is 16.1 Å². The minimum Gasteiger partial charge on any atom is -0.480 e. The van der Waals surface area contributed by atoms with Gasteiger partial charge < -0.3 is 16.2 Å². The molecule has 1 heterocycles. The summed E-state index contributed by atoms with van der Waals surface area (Å²) >= 11 is 0. The number of hydrogen-bond acceptors (Lipinski definition) is 5. The second kappa shape index (κ2) is 10.4. The molecule has 0 saturated carbocycles. The van der Waals surface area contributed by atoms with Crippen LogP contribution in [0.15, 0.2) is 30.3 Å². The number of hydrazine groups is 1. The lowest BCUT2D eigenvalue weighted by Crippen LogP contribution is -2.55. The van der Waals surface area contributed by atoms with Crippen molar-refractivity contribution >= 4 is 17.8 Å². The molecule has 28 heavy (non-hydrogen) atoms. The summed E-state index contributed by atoms with van der Waals surface area (Å²) < 4.78 is 0. The number of carboxylic acids is 1. The Bertz CT molecular complexity index is 706. The summed E-state index contributed by atoms with van der Waals surface area (Å²) in [5, 5.41) is 14.7. The summed E-state index contributed by atoms with van der Waals surface area (Å²) in [6, 6.07) is 6.83. The minimum absolute atomic E-state index is 0.125. The van der Waals surface area contributed by atoms with Crippen LogP contribution in [-0.2, 0) is 20.8 Å². The number of nitroso groups, excluding NO2 is 1. The maximum absolute atomic E-state index is 12.7. The smallest absolute Gasteiger partial charge is 0.326 e. The molecule has 3 atom stereocenters. The fraction of sp³-hybridized carbons (Fsp3) is 0.500. The van der Waals surface area contributed by atoms with Gasteiger partial charge in [0.25, 0.3) is 6.17 Å². The molecular formula is C18H26N5O5+. The SMILES string of the molecule is NC(=O)CC[C@H](NC(=O)[C@H](Cc1ccccc1)N[N+](=O)[C@H]1CCCN1)C(=O)O. The lowest BCUT2D eigenvalue weighted by molar-refractivity contribution is -0.647. The number of primary amides is 1. The van der Waals surface area contributed by atoms with E-state index >= 15 is 0 Å². The van der Waals surface area contributed by atoms with Crippen LogP contribution in [0.3, 0.4) is 0 Å². The molecule has 1 fully saturated rings. The van der Waals surface area contributed by atoms with Gasteiger partial charge in [-0.25, -0.2) is 4.79 Å². The number of amides is 2. The Balaban J connectivity index is 2.08. The molecule has 6 N–H and O–H groups in total. The lowest BCUT2D eigenvalue weighted by Gasteiger charge is -2.19. The Morgan fingerprint density at radius 3 is 2.54 bits per heavy atom. The Kier molecular flexibility index (Phi) is 7.88. The van der Waals surface area contributed by atoms with Gasteiger partial charge in [0.1, 0.15) is 10.9 Å². The second-order valence-electron chi connectivity index (χ2n) is 6.71. The third-order valence-corrected chi connectivity index (χ3v) is 4.49. The van der Waals surface area contributed by atoms with Gasteiger partial charge in [0, 0.05) is 25.8 Å². The number of nitrogens with zero attached hydrogens (tertiary/aromatic N) is 1. The quantitative estimate of drug-likeness (QED) is 0.249. The number of benzene rings is 1. The van der Waals surface area contributed by atoms with Crippen LogP contribution in [0, 0.1) is 4.91 Å². The Morgan fingerprint density at radius 2 is 1.96 bits per heavy atom.